The highest BCUT2D eigenvalue weighted by Gasteiger charge is 2.30. The summed E-state index contributed by atoms with van der Waals surface area (Å²) in [6.07, 6.45) is 3.12. The van der Waals surface area contributed by atoms with Gasteiger partial charge in [-0.15, -0.1) is 0 Å². The van der Waals surface area contributed by atoms with Crippen LogP contribution in [0.2, 0.25) is 0 Å². The minimum Gasteiger partial charge on any atom is -0.349 e. The molecule has 0 bridgehead atoms. The lowest BCUT2D eigenvalue weighted by atomic mass is 9.94. The summed E-state index contributed by atoms with van der Waals surface area (Å²) in [5, 5.41) is 5.30. The normalized spacial score (nSPS) is 14.9. The lowest BCUT2D eigenvalue weighted by Crippen LogP contribution is -2.42. The summed E-state index contributed by atoms with van der Waals surface area (Å²) in [5.41, 5.74) is 4.24. The summed E-state index contributed by atoms with van der Waals surface area (Å²) in [6, 6.07) is 10.1. The zero-order valence-electron chi connectivity index (χ0n) is 19.5. The van der Waals surface area contributed by atoms with Crippen molar-refractivity contribution in [3.8, 4) is 11.3 Å². The first-order valence-electron chi connectivity index (χ1n) is 11.2. The first kappa shape index (κ1) is 22.0. The third kappa shape index (κ3) is 3.99. The molecule has 3 heterocycles. The minimum atomic E-state index is -0.0220. The molecule has 0 saturated carbocycles. The van der Waals surface area contributed by atoms with Crippen molar-refractivity contribution >= 4 is 22.8 Å². The van der Waals surface area contributed by atoms with Crippen molar-refractivity contribution in [2.24, 2.45) is 5.92 Å². The van der Waals surface area contributed by atoms with Crippen LogP contribution in [0.25, 0.3) is 22.3 Å². The van der Waals surface area contributed by atoms with Gasteiger partial charge in [0.05, 0.1) is 22.8 Å². The molecule has 2 aromatic heterocycles. The number of hydrogen-bond acceptors (Lipinski definition) is 4. The predicted octanol–water partition coefficient (Wildman–Crippen LogP) is 3.93. The number of fused-ring (bicyclic) bond motifs is 1. The largest absolute Gasteiger partial charge is 0.349 e. The molecule has 1 aromatic carbocycles. The van der Waals surface area contributed by atoms with Gasteiger partial charge < -0.3 is 9.80 Å². The summed E-state index contributed by atoms with van der Waals surface area (Å²) >= 11 is 0. The number of benzene rings is 1. The smallest absolute Gasteiger partial charge is 0.254 e. The maximum absolute atomic E-state index is 13.6. The Labute approximate surface area is 189 Å². The van der Waals surface area contributed by atoms with Crippen molar-refractivity contribution in [2.45, 2.75) is 39.7 Å². The Balaban J connectivity index is 1.73. The van der Waals surface area contributed by atoms with Crippen molar-refractivity contribution in [3.05, 3.63) is 47.7 Å². The van der Waals surface area contributed by atoms with Crippen LogP contribution in [-0.4, -0.2) is 63.6 Å². The van der Waals surface area contributed by atoms with E-state index in [2.05, 4.69) is 31.9 Å². The number of aryl methyl sites for hydroxylation is 1. The van der Waals surface area contributed by atoms with E-state index in [0.29, 0.717) is 31.5 Å². The Morgan fingerprint density at radius 1 is 1.12 bits per heavy atom. The van der Waals surface area contributed by atoms with Crippen LogP contribution in [0.3, 0.4) is 0 Å². The van der Waals surface area contributed by atoms with E-state index in [9.17, 15) is 9.59 Å². The number of amides is 2. The SMILES string of the molecule is Cc1ccccc1-c1cc(C(=O)N2CCC(C(=O)N(C)C)CC2)c2cnn(C(C)C)c2n1. The number of likely N-dealkylation sites (tertiary alicyclic amines) is 1. The standard InChI is InChI=1S/C25H31N5O2/c1-16(2)30-23-21(15-26-30)20(14-22(27-23)19-9-7-6-8-17(19)3)25(32)29-12-10-18(11-13-29)24(31)28(4)5/h6-9,14-16,18H,10-13H2,1-5H3. The molecular formula is C25H31N5O2. The Bertz CT molecular complexity index is 1160. The molecule has 0 radical (unpaired) electrons. The fourth-order valence-corrected chi connectivity index (χ4v) is 4.44. The molecule has 2 amide bonds. The van der Waals surface area contributed by atoms with E-state index < -0.39 is 0 Å². The fourth-order valence-electron chi connectivity index (χ4n) is 4.44. The molecule has 1 aliphatic rings. The van der Waals surface area contributed by atoms with Gasteiger partial charge in [-0.05, 0) is 45.2 Å². The van der Waals surface area contributed by atoms with Gasteiger partial charge in [0.1, 0.15) is 0 Å². The Morgan fingerprint density at radius 3 is 2.44 bits per heavy atom. The highest BCUT2D eigenvalue weighted by atomic mass is 16.2. The monoisotopic (exact) mass is 433 g/mol. The molecule has 7 heteroatoms. The molecule has 0 N–H and O–H groups in total. The lowest BCUT2D eigenvalue weighted by Gasteiger charge is -2.32. The second kappa shape index (κ2) is 8.73. The second-order valence-electron chi connectivity index (χ2n) is 9.09. The van der Waals surface area contributed by atoms with Gasteiger partial charge in [0.25, 0.3) is 5.91 Å². The molecule has 32 heavy (non-hydrogen) atoms. The second-order valence-corrected chi connectivity index (χ2v) is 9.09. The first-order chi connectivity index (χ1) is 15.3. The van der Waals surface area contributed by atoms with Gasteiger partial charge in [0.15, 0.2) is 5.65 Å². The molecule has 1 fully saturated rings. The summed E-state index contributed by atoms with van der Waals surface area (Å²) in [6.45, 7) is 7.32. The van der Waals surface area contributed by atoms with Gasteiger partial charge >= 0.3 is 0 Å². The van der Waals surface area contributed by atoms with E-state index in [0.717, 1.165) is 27.9 Å². The van der Waals surface area contributed by atoms with E-state index in [4.69, 9.17) is 4.98 Å². The summed E-state index contributed by atoms with van der Waals surface area (Å²) < 4.78 is 1.87. The highest BCUT2D eigenvalue weighted by molar-refractivity contribution is 6.06. The molecule has 168 valence electrons. The van der Waals surface area contributed by atoms with Crippen LogP contribution >= 0.6 is 0 Å². The molecule has 7 nitrogen and oxygen atoms in total. The third-order valence-electron chi connectivity index (χ3n) is 6.28. The molecule has 1 aliphatic heterocycles. The summed E-state index contributed by atoms with van der Waals surface area (Å²) in [5.74, 6) is 0.104. The van der Waals surface area contributed by atoms with Crippen molar-refractivity contribution < 1.29 is 9.59 Å². The number of aromatic nitrogens is 3. The molecule has 0 unspecified atom stereocenters. The van der Waals surface area contributed by atoms with Gasteiger partial charge in [-0.3, -0.25) is 9.59 Å². The van der Waals surface area contributed by atoms with Crippen LogP contribution in [0.15, 0.2) is 36.5 Å². The van der Waals surface area contributed by atoms with E-state index >= 15 is 0 Å². The molecule has 1 saturated heterocycles. The molecule has 3 aromatic rings. The van der Waals surface area contributed by atoms with Crippen LogP contribution in [0.4, 0.5) is 0 Å². The topological polar surface area (TPSA) is 71.3 Å². The molecule has 4 rings (SSSR count). The van der Waals surface area contributed by atoms with Crippen LogP contribution < -0.4 is 0 Å². The van der Waals surface area contributed by atoms with Crippen molar-refractivity contribution in [1.82, 2.24) is 24.6 Å². The maximum Gasteiger partial charge on any atom is 0.254 e. The zero-order chi connectivity index (χ0) is 23.0. The Kier molecular flexibility index (Phi) is 6.00. The predicted molar refractivity (Wildman–Crippen MR) is 125 cm³/mol. The number of carbonyl (C=O) groups is 2. The number of pyridine rings is 1. The van der Waals surface area contributed by atoms with Crippen LogP contribution in [0.1, 0.15) is 48.7 Å². The fraction of sp³-hybridized carbons (Fsp3) is 0.440. The average Bonchev–Trinajstić information content (AvgIpc) is 3.22. The summed E-state index contributed by atoms with van der Waals surface area (Å²) in [4.78, 5) is 34.4. The quantitative estimate of drug-likeness (QED) is 0.625. The van der Waals surface area contributed by atoms with Gasteiger partial charge in [-0.25, -0.2) is 9.67 Å². The maximum atomic E-state index is 13.6. The van der Waals surface area contributed by atoms with Crippen LogP contribution in [0.5, 0.6) is 0 Å². The van der Waals surface area contributed by atoms with Crippen molar-refractivity contribution in [1.29, 1.82) is 0 Å². The van der Waals surface area contributed by atoms with Gasteiger partial charge in [0.2, 0.25) is 5.91 Å². The number of piperidine rings is 1. The zero-order valence-corrected chi connectivity index (χ0v) is 19.5. The first-order valence-corrected chi connectivity index (χ1v) is 11.2. The molecule has 0 spiro atoms. The van der Waals surface area contributed by atoms with E-state index in [1.165, 1.54) is 0 Å². The van der Waals surface area contributed by atoms with E-state index in [1.807, 2.05) is 33.8 Å². The number of rotatable bonds is 4. The highest BCUT2D eigenvalue weighted by Crippen LogP contribution is 2.30. The van der Waals surface area contributed by atoms with Crippen molar-refractivity contribution in [2.75, 3.05) is 27.2 Å². The summed E-state index contributed by atoms with van der Waals surface area (Å²) in [7, 11) is 3.57. The molecule has 0 aliphatic carbocycles. The van der Waals surface area contributed by atoms with E-state index in [1.54, 1.807) is 25.2 Å². The Hall–Kier alpha value is -3.22. The lowest BCUT2D eigenvalue weighted by molar-refractivity contribution is -0.134. The van der Waals surface area contributed by atoms with Crippen LogP contribution in [0, 0.1) is 12.8 Å². The Morgan fingerprint density at radius 2 is 1.81 bits per heavy atom. The van der Waals surface area contributed by atoms with E-state index in [-0.39, 0.29) is 23.8 Å². The van der Waals surface area contributed by atoms with Gasteiger partial charge in [0, 0.05) is 44.7 Å². The average molecular weight is 434 g/mol. The van der Waals surface area contributed by atoms with Gasteiger partial charge in [-0.2, -0.15) is 5.10 Å². The van der Waals surface area contributed by atoms with Crippen LogP contribution in [-0.2, 0) is 4.79 Å². The number of hydrogen-bond donors (Lipinski definition) is 0. The third-order valence-corrected chi connectivity index (χ3v) is 6.28. The van der Waals surface area contributed by atoms with Gasteiger partial charge in [-0.1, -0.05) is 24.3 Å². The molecule has 0 atom stereocenters. The minimum absolute atomic E-state index is 0.0160. The van der Waals surface area contributed by atoms with Crippen molar-refractivity contribution in [3.63, 3.8) is 0 Å². The molecular weight excluding hydrogens is 402 g/mol. The number of nitrogens with zero attached hydrogens (tertiary/aromatic N) is 5. The number of carbonyl (C=O) groups excluding carboxylic acids is 2.